The fourth-order valence-electron chi connectivity index (χ4n) is 2.58. The zero-order valence-corrected chi connectivity index (χ0v) is 17.0. The van der Waals surface area contributed by atoms with Crippen molar-refractivity contribution in [1.29, 1.82) is 0 Å². The molecule has 0 fully saturated rings. The Bertz CT molecular complexity index is 1070. The second-order valence-electron chi connectivity index (χ2n) is 6.60. The molecular weight excluding hydrogens is 388 g/mol. The van der Waals surface area contributed by atoms with Crippen molar-refractivity contribution in [1.82, 2.24) is 10.3 Å². The summed E-state index contributed by atoms with van der Waals surface area (Å²) in [6, 6.07) is 18.2. The zero-order valence-electron chi connectivity index (χ0n) is 16.2. The first kappa shape index (κ1) is 20.3. The number of sulfonamides is 1. The van der Waals surface area contributed by atoms with Crippen molar-refractivity contribution in [2.45, 2.75) is 11.4 Å². The average Bonchev–Trinajstić information content (AvgIpc) is 2.73. The molecule has 8 heteroatoms. The standard InChI is InChI=1S/C21H22N4O3S/c1-25(2)20-13-8-16(14-22-20)15-23-21(26)17-9-11-19(12-10-17)29(27,28)24-18-6-4-3-5-7-18/h3-14,24H,15H2,1-2H3,(H,23,26). The predicted molar refractivity (Wildman–Crippen MR) is 113 cm³/mol. The third-order valence-corrected chi connectivity index (χ3v) is 5.57. The van der Waals surface area contributed by atoms with E-state index in [1.54, 1.807) is 36.5 Å². The summed E-state index contributed by atoms with van der Waals surface area (Å²) in [4.78, 5) is 18.6. The van der Waals surface area contributed by atoms with Crippen LogP contribution in [0.25, 0.3) is 0 Å². The summed E-state index contributed by atoms with van der Waals surface area (Å²) < 4.78 is 27.4. The molecular formula is C21H22N4O3S. The van der Waals surface area contributed by atoms with E-state index >= 15 is 0 Å². The largest absolute Gasteiger partial charge is 0.363 e. The Morgan fingerprint density at radius 2 is 1.66 bits per heavy atom. The summed E-state index contributed by atoms with van der Waals surface area (Å²) in [5.41, 5.74) is 1.72. The van der Waals surface area contributed by atoms with E-state index in [2.05, 4.69) is 15.0 Å². The van der Waals surface area contributed by atoms with E-state index in [1.807, 2.05) is 31.1 Å². The number of benzene rings is 2. The Balaban J connectivity index is 1.62. The van der Waals surface area contributed by atoms with Crippen LogP contribution in [-0.2, 0) is 16.6 Å². The number of nitrogens with one attached hydrogen (secondary N) is 2. The fraction of sp³-hybridized carbons (Fsp3) is 0.143. The van der Waals surface area contributed by atoms with Gasteiger partial charge in [0.25, 0.3) is 15.9 Å². The Morgan fingerprint density at radius 3 is 2.24 bits per heavy atom. The molecule has 0 aliphatic carbocycles. The van der Waals surface area contributed by atoms with Crippen molar-refractivity contribution in [3.05, 3.63) is 84.1 Å². The number of pyridine rings is 1. The molecule has 1 amide bonds. The summed E-state index contributed by atoms with van der Waals surface area (Å²) in [6.07, 6.45) is 1.71. The molecule has 0 aliphatic rings. The van der Waals surface area contributed by atoms with Crippen molar-refractivity contribution in [2.75, 3.05) is 23.7 Å². The SMILES string of the molecule is CN(C)c1ccc(CNC(=O)c2ccc(S(=O)(=O)Nc3ccccc3)cc2)cn1. The summed E-state index contributed by atoms with van der Waals surface area (Å²) in [5.74, 6) is 0.544. The number of aromatic nitrogens is 1. The van der Waals surface area contributed by atoms with E-state index in [0.29, 0.717) is 17.8 Å². The van der Waals surface area contributed by atoms with E-state index in [4.69, 9.17) is 0 Å². The molecule has 2 N–H and O–H groups in total. The maximum Gasteiger partial charge on any atom is 0.261 e. The molecule has 150 valence electrons. The number of carbonyl (C=O) groups excluding carboxylic acids is 1. The molecule has 0 aliphatic heterocycles. The predicted octanol–water partition coefficient (Wildman–Crippen LogP) is 2.88. The van der Waals surface area contributed by atoms with Gasteiger partial charge in [0.2, 0.25) is 0 Å². The van der Waals surface area contributed by atoms with E-state index in [0.717, 1.165) is 11.4 Å². The molecule has 1 heterocycles. The Morgan fingerprint density at radius 1 is 0.966 bits per heavy atom. The summed E-state index contributed by atoms with van der Waals surface area (Å²) >= 11 is 0. The first-order valence-corrected chi connectivity index (χ1v) is 10.4. The van der Waals surface area contributed by atoms with Crippen LogP contribution in [0.1, 0.15) is 15.9 Å². The van der Waals surface area contributed by atoms with Gasteiger partial charge in [-0.3, -0.25) is 9.52 Å². The van der Waals surface area contributed by atoms with Crippen molar-refractivity contribution in [2.24, 2.45) is 0 Å². The lowest BCUT2D eigenvalue weighted by Gasteiger charge is -2.12. The lowest BCUT2D eigenvalue weighted by Crippen LogP contribution is -2.23. The minimum Gasteiger partial charge on any atom is -0.363 e. The van der Waals surface area contributed by atoms with Gasteiger partial charge in [-0.1, -0.05) is 24.3 Å². The van der Waals surface area contributed by atoms with Crippen molar-refractivity contribution in [3.63, 3.8) is 0 Å². The van der Waals surface area contributed by atoms with Crippen LogP contribution in [0, 0.1) is 0 Å². The molecule has 0 radical (unpaired) electrons. The van der Waals surface area contributed by atoms with E-state index < -0.39 is 10.0 Å². The maximum atomic E-state index is 12.4. The number of para-hydroxylation sites is 1. The number of rotatable bonds is 7. The molecule has 1 aromatic heterocycles. The van der Waals surface area contributed by atoms with Gasteiger partial charge >= 0.3 is 0 Å². The molecule has 3 rings (SSSR count). The summed E-state index contributed by atoms with van der Waals surface area (Å²) in [6.45, 7) is 0.329. The van der Waals surface area contributed by atoms with Gasteiger partial charge in [-0.2, -0.15) is 0 Å². The maximum absolute atomic E-state index is 12.4. The van der Waals surface area contributed by atoms with Crippen LogP contribution < -0.4 is 14.9 Å². The highest BCUT2D eigenvalue weighted by atomic mass is 32.2. The van der Waals surface area contributed by atoms with Gasteiger partial charge in [0.1, 0.15) is 5.82 Å². The van der Waals surface area contributed by atoms with Gasteiger partial charge < -0.3 is 10.2 Å². The van der Waals surface area contributed by atoms with Crippen LogP contribution in [0.15, 0.2) is 77.8 Å². The van der Waals surface area contributed by atoms with Crippen LogP contribution >= 0.6 is 0 Å². The van der Waals surface area contributed by atoms with Gasteiger partial charge in [0.05, 0.1) is 4.90 Å². The molecule has 0 atom stereocenters. The van der Waals surface area contributed by atoms with E-state index in [1.165, 1.54) is 24.3 Å². The molecule has 2 aromatic carbocycles. The molecule has 3 aromatic rings. The number of anilines is 2. The Hall–Kier alpha value is -3.39. The summed E-state index contributed by atoms with van der Waals surface area (Å²) in [7, 11) is 0.0954. The fourth-order valence-corrected chi connectivity index (χ4v) is 3.63. The third-order valence-electron chi connectivity index (χ3n) is 4.17. The van der Waals surface area contributed by atoms with Crippen LogP contribution in [0.3, 0.4) is 0 Å². The average molecular weight is 410 g/mol. The smallest absolute Gasteiger partial charge is 0.261 e. The summed E-state index contributed by atoms with van der Waals surface area (Å²) in [5, 5.41) is 2.80. The molecule has 29 heavy (non-hydrogen) atoms. The first-order chi connectivity index (χ1) is 13.8. The number of hydrogen-bond acceptors (Lipinski definition) is 5. The Kier molecular flexibility index (Phi) is 6.13. The number of carbonyl (C=O) groups is 1. The second-order valence-corrected chi connectivity index (χ2v) is 8.28. The lowest BCUT2D eigenvalue weighted by molar-refractivity contribution is 0.0951. The minimum atomic E-state index is -3.72. The highest BCUT2D eigenvalue weighted by molar-refractivity contribution is 7.92. The van der Waals surface area contributed by atoms with Crippen LogP contribution in [-0.4, -0.2) is 33.4 Å². The van der Waals surface area contributed by atoms with Crippen molar-refractivity contribution < 1.29 is 13.2 Å². The first-order valence-electron chi connectivity index (χ1n) is 8.93. The monoisotopic (exact) mass is 410 g/mol. The van der Waals surface area contributed by atoms with Crippen LogP contribution in [0.5, 0.6) is 0 Å². The third kappa shape index (κ3) is 5.32. The van der Waals surface area contributed by atoms with Gasteiger partial charge in [-0.15, -0.1) is 0 Å². The molecule has 0 bridgehead atoms. The molecule has 7 nitrogen and oxygen atoms in total. The highest BCUT2D eigenvalue weighted by Gasteiger charge is 2.15. The van der Waals surface area contributed by atoms with E-state index in [9.17, 15) is 13.2 Å². The topological polar surface area (TPSA) is 91.4 Å². The van der Waals surface area contributed by atoms with Crippen molar-refractivity contribution in [3.8, 4) is 0 Å². The van der Waals surface area contributed by atoms with E-state index in [-0.39, 0.29) is 10.8 Å². The minimum absolute atomic E-state index is 0.0846. The molecule has 0 unspecified atom stereocenters. The zero-order chi connectivity index (χ0) is 20.9. The Labute approximate surface area is 170 Å². The number of amides is 1. The van der Waals surface area contributed by atoms with Gasteiger partial charge in [0, 0.05) is 38.1 Å². The normalized spacial score (nSPS) is 11.0. The molecule has 0 saturated carbocycles. The quantitative estimate of drug-likeness (QED) is 0.625. The van der Waals surface area contributed by atoms with Gasteiger partial charge in [-0.05, 0) is 48.0 Å². The second kappa shape index (κ2) is 8.74. The van der Waals surface area contributed by atoms with Crippen molar-refractivity contribution >= 4 is 27.4 Å². The number of hydrogen-bond donors (Lipinski definition) is 2. The lowest BCUT2D eigenvalue weighted by atomic mass is 10.2. The van der Waals surface area contributed by atoms with Gasteiger partial charge in [0.15, 0.2) is 0 Å². The van der Waals surface area contributed by atoms with Gasteiger partial charge in [-0.25, -0.2) is 13.4 Å². The molecule has 0 saturated heterocycles. The highest BCUT2D eigenvalue weighted by Crippen LogP contribution is 2.16. The molecule has 0 spiro atoms. The van der Waals surface area contributed by atoms with Crippen LogP contribution in [0.4, 0.5) is 11.5 Å². The van der Waals surface area contributed by atoms with Crippen LogP contribution in [0.2, 0.25) is 0 Å². The number of nitrogens with zero attached hydrogens (tertiary/aromatic N) is 2.